The van der Waals surface area contributed by atoms with Crippen molar-refractivity contribution in [2.75, 3.05) is 6.54 Å². The maximum absolute atomic E-state index is 11.8. The molecule has 2 N–H and O–H groups in total. The minimum absolute atomic E-state index is 0.0816. The van der Waals surface area contributed by atoms with Crippen LogP contribution in [0, 0.1) is 5.92 Å². The van der Waals surface area contributed by atoms with E-state index in [1.54, 1.807) is 11.4 Å². The molecule has 0 aromatic carbocycles. The number of hydrogen-bond acceptors (Lipinski definition) is 3. The summed E-state index contributed by atoms with van der Waals surface area (Å²) in [6.07, 6.45) is 6.20. The normalized spacial score (nSPS) is 14.9. The Hall–Kier alpha value is -1.62. The molecule has 1 heterocycles. The molecule has 1 aromatic heterocycles. The van der Waals surface area contributed by atoms with Gasteiger partial charge in [0, 0.05) is 22.9 Å². The van der Waals surface area contributed by atoms with Crippen LogP contribution in [0.1, 0.15) is 34.5 Å². The van der Waals surface area contributed by atoms with Crippen molar-refractivity contribution in [3.05, 3.63) is 28.0 Å². The Kier molecular flexibility index (Phi) is 4.15. The van der Waals surface area contributed by atoms with Crippen LogP contribution in [-0.2, 0) is 4.79 Å². The molecule has 1 aliphatic carbocycles. The van der Waals surface area contributed by atoms with Crippen molar-refractivity contribution >= 4 is 29.3 Å². The Balaban J connectivity index is 1.83. The zero-order valence-corrected chi connectivity index (χ0v) is 10.7. The van der Waals surface area contributed by atoms with Gasteiger partial charge in [0.1, 0.15) is 0 Å². The number of amides is 1. The fourth-order valence-corrected chi connectivity index (χ4v) is 2.39. The number of nitrogens with one attached hydrogen (secondary N) is 1. The molecule has 1 fully saturated rings. The Morgan fingerprint density at radius 1 is 1.50 bits per heavy atom. The number of carboxylic acid groups (broad SMARTS) is 1. The summed E-state index contributed by atoms with van der Waals surface area (Å²) < 4.78 is 0. The van der Waals surface area contributed by atoms with Crippen LogP contribution in [-0.4, -0.2) is 23.5 Å². The topological polar surface area (TPSA) is 66.4 Å². The molecule has 2 rings (SSSR count). The van der Waals surface area contributed by atoms with Crippen LogP contribution in [0.5, 0.6) is 0 Å². The van der Waals surface area contributed by atoms with Crippen LogP contribution in [0.15, 0.2) is 17.5 Å². The highest BCUT2D eigenvalue weighted by molar-refractivity contribution is 7.11. The first kappa shape index (κ1) is 12.8. The molecule has 0 unspecified atom stereocenters. The van der Waals surface area contributed by atoms with Crippen molar-refractivity contribution in [3.63, 3.8) is 0 Å². The molecule has 0 spiro atoms. The minimum atomic E-state index is -0.987. The largest absolute Gasteiger partial charge is 0.478 e. The zero-order valence-electron chi connectivity index (χ0n) is 9.89. The molecule has 0 aliphatic heterocycles. The second-order valence-corrected chi connectivity index (χ2v) is 5.34. The van der Waals surface area contributed by atoms with Gasteiger partial charge in [-0.2, -0.15) is 0 Å². The third-order valence-electron chi connectivity index (χ3n) is 2.81. The summed E-state index contributed by atoms with van der Waals surface area (Å²) in [5.74, 6) is -0.262. The van der Waals surface area contributed by atoms with Crippen molar-refractivity contribution in [2.24, 2.45) is 5.92 Å². The second-order valence-electron chi connectivity index (χ2n) is 4.40. The van der Waals surface area contributed by atoms with Gasteiger partial charge in [0.25, 0.3) is 5.91 Å². The standard InChI is InChI=1S/C13H15NO3S/c15-12(16)4-3-11-7-10(8-18-11)13(17)14-6-5-9-1-2-9/h3-4,7-9H,1-2,5-6H2,(H,14,17)(H,15,16). The maximum Gasteiger partial charge on any atom is 0.328 e. The highest BCUT2D eigenvalue weighted by Gasteiger charge is 2.20. The third-order valence-corrected chi connectivity index (χ3v) is 3.71. The molecule has 5 heteroatoms. The summed E-state index contributed by atoms with van der Waals surface area (Å²) in [5, 5.41) is 13.1. The monoisotopic (exact) mass is 265 g/mol. The molecule has 4 nitrogen and oxygen atoms in total. The molecule has 18 heavy (non-hydrogen) atoms. The van der Waals surface area contributed by atoms with E-state index in [2.05, 4.69) is 5.32 Å². The van der Waals surface area contributed by atoms with Crippen LogP contribution >= 0.6 is 11.3 Å². The summed E-state index contributed by atoms with van der Waals surface area (Å²) in [6.45, 7) is 0.722. The molecule has 1 amide bonds. The number of thiophene rings is 1. The van der Waals surface area contributed by atoms with Crippen LogP contribution in [0.4, 0.5) is 0 Å². The summed E-state index contributed by atoms with van der Waals surface area (Å²) in [5.41, 5.74) is 0.598. The van der Waals surface area contributed by atoms with Gasteiger partial charge in [-0.1, -0.05) is 12.8 Å². The van der Waals surface area contributed by atoms with Gasteiger partial charge in [-0.25, -0.2) is 4.79 Å². The zero-order chi connectivity index (χ0) is 13.0. The first-order valence-electron chi connectivity index (χ1n) is 5.93. The molecule has 0 bridgehead atoms. The average Bonchev–Trinajstić information content (AvgIpc) is 3.03. The summed E-state index contributed by atoms with van der Waals surface area (Å²) in [7, 11) is 0. The SMILES string of the molecule is O=C(O)C=Cc1cc(C(=O)NCCC2CC2)cs1. The highest BCUT2D eigenvalue weighted by atomic mass is 32.1. The number of carboxylic acids is 1. The van der Waals surface area contributed by atoms with Crippen LogP contribution in [0.3, 0.4) is 0 Å². The molecule has 0 atom stereocenters. The van der Waals surface area contributed by atoms with Gasteiger partial charge >= 0.3 is 5.97 Å². The van der Waals surface area contributed by atoms with Gasteiger partial charge in [-0.05, 0) is 24.5 Å². The molecular weight excluding hydrogens is 250 g/mol. The third kappa shape index (κ3) is 4.00. The van der Waals surface area contributed by atoms with Crippen molar-refractivity contribution in [1.29, 1.82) is 0 Å². The highest BCUT2D eigenvalue weighted by Crippen LogP contribution is 2.31. The number of rotatable bonds is 6. The van der Waals surface area contributed by atoms with E-state index in [1.165, 1.54) is 30.3 Å². The van der Waals surface area contributed by atoms with Crippen molar-refractivity contribution in [1.82, 2.24) is 5.32 Å². The predicted octanol–water partition coefficient (Wildman–Crippen LogP) is 2.38. The Morgan fingerprint density at radius 3 is 2.94 bits per heavy atom. The molecule has 96 valence electrons. The molecule has 0 radical (unpaired) electrons. The fraction of sp³-hybridized carbons (Fsp3) is 0.385. The van der Waals surface area contributed by atoms with Gasteiger partial charge < -0.3 is 10.4 Å². The van der Waals surface area contributed by atoms with Crippen molar-refractivity contribution in [3.8, 4) is 0 Å². The molecule has 0 saturated heterocycles. The fourth-order valence-electron chi connectivity index (χ4n) is 1.61. The van der Waals surface area contributed by atoms with E-state index in [1.807, 2.05) is 0 Å². The molecule has 1 aliphatic rings. The second kappa shape index (κ2) is 5.82. The summed E-state index contributed by atoms with van der Waals surface area (Å²) in [4.78, 5) is 22.9. The van der Waals surface area contributed by atoms with E-state index < -0.39 is 5.97 Å². The molecule has 1 saturated carbocycles. The van der Waals surface area contributed by atoms with Gasteiger partial charge in [-0.3, -0.25) is 4.79 Å². The van der Waals surface area contributed by atoms with E-state index in [0.29, 0.717) is 5.56 Å². The lowest BCUT2D eigenvalue weighted by Gasteiger charge is -2.01. The van der Waals surface area contributed by atoms with Crippen LogP contribution in [0.25, 0.3) is 6.08 Å². The lowest BCUT2D eigenvalue weighted by atomic mass is 10.2. The predicted molar refractivity (Wildman–Crippen MR) is 70.7 cm³/mol. The number of carbonyl (C=O) groups excluding carboxylic acids is 1. The average molecular weight is 265 g/mol. The quantitative estimate of drug-likeness (QED) is 0.776. The number of carbonyl (C=O) groups is 2. The lowest BCUT2D eigenvalue weighted by molar-refractivity contribution is -0.131. The minimum Gasteiger partial charge on any atom is -0.478 e. The van der Waals surface area contributed by atoms with Gasteiger partial charge in [0.15, 0.2) is 0 Å². The Labute approximate surface area is 109 Å². The van der Waals surface area contributed by atoms with E-state index in [4.69, 9.17) is 5.11 Å². The van der Waals surface area contributed by atoms with Gasteiger partial charge in [-0.15, -0.1) is 11.3 Å². The smallest absolute Gasteiger partial charge is 0.328 e. The number of hydrogen-bond donors (Lipinski definition) is 2. The van der Waals surface area contributed by atoms with Crippen LogP contribution in [0.2, 0.25) is 0 Å². The summed E-state index contributed by atoms with van der Waals surface area (Å²) in [6, 6.07) is 1.70. The Bertz CT molecular complexity index is 474. The first-order chi connectivity index (χ1) is 8.65. The van der Waals surface area contributed by atoms with E-state index in [9.17, 15) is 9.59 Å². The molecule has 1 aromatic rings. The molecular formula is C13H15NO3S. The van der Waals surface area contributed by atoms with E-state index >= 15 is 0 Å². The van der Waals surface area contributed by atoms with Gasteiger partial charge in [0.05, 0.1) is 5.56 Å². The Morgan fingerprint density at radius 2 is 2.28 bits per heavy atom. The van der Waals surface area contributed by atoms with Crippen molar-refractivity contribution < 1.29 is 14.7 Å². The van der Waals surface area contributed by atoms with Crippen molar-refractivity contribution in [2.45, 2.75) is 19.3 Å². The number of aliphatic carboxylic acids is 1. The first-order valence-corrected chi connectivity index (χ1v) is 6.81. The van der Waals surface area contributed by atoms with Crippen LogP contribution < -0.4 is 5.32 Å². The maximum atomic E-state index is 11.8. The summed E-state index contributed by atoms with van der Waals surface area (Å²) >= 11 is 1.36. The van der Waals surface area contributed by atoms with E-state index in [-0.39, 0.29) is 5.91 Å². The van der Waals surface area contributed by atoms with Gasteiger partial charge in [0.2, 0.25) is 0 Å². The van der Waals surface area contributed by atoms with E-state index in [0.717, 1.165) is 29.8 Å². The lowest BCUT2D eigenvalue weighted by Crippen LogP contribution is -2.24.